The summed E-state index contributed by atoms with van der Waals surface area (Å²) in [7, 11) is 1.76. The van der Waals surface area contributed by atoms with Gasteiger partial charge in [0.1, 0.15) is 6.07 Å². The van der Waals surface area contributed by atoms with Crippen LogP contribution in [0.25, 0.3) is 11.3 Å². The number of hydrogen-bond acceptors (Lipinski definition) is 4. The van der Waals surface area contributed by atoms with E-state index in [-0.39, 0.29) is 0 Å². The Morgan fingerprint density at radius 1 is 1.50 bits per heavy atom. The van der Waals surface area contributed by atoms with Gasteiger partial charge in [0.05, 0.1) is 11.3 Å². The molecule has 5 heteroatoms. The first-order valence-electron chi connectivity index (χ1n) is 4.03. The Morgan fingerprint density at radius 2 is 2.36 bits per heavy atom. The van der Waals surface area contributed by atoms with E-state index in [9.17, 15) is 0 Å². The molecule has 2 rings (SSSR count). The fourth-order valence-electron chi connectivity index (χ4n) is 1.20. The van der Waals surface area contributed by atoms with Gasteiger partial charge in [0, 0.05) is 19.4 Å². The van der Waals surface area contributed by atoms with Crippen LogP contribution in [0.1, 0.15) is 5.69 Å². The number of hydrogen-bond donors (Lipinski definition) is 0. The van der Waals surface area contributed by atoms with E-state index < -0.39 is 0 Å². The van der Waals surface area contributed by atoms with Crippen LogP contribution < -0.4 is 0 Å². The molecule has 0 bridgehead atoms. The van der Waals surface area contributed by atoms with E-state index in [1.165, 1.54) is 0 Å². The third kappa shape index (κ3) is 1.33. The van der Waals surface area contributed by atoms with E-state index in [4.69, 9.17) is 5.26 Å². The Morgan fingerprint density at radius 3 is 3.00 bits per heavy atom. The van der Waals surface area contributed by atoms with Gasteiger partial charge in [-0.05, 0) is 12.1 Å². The first-order valence-corrected chi connectivity index (χ1v) is 4.03. The van der Waals surface area contributed by atoms with Crippen molar-refractivity contribution in [2.45, 2.75) is 0 Å². The zero-order valence-corrected chi connectivity index (χ0v) is 7.55. The SMILES string of the molecule is Cn1cc(-c2cccnn2)c(C#N)n1. The van der Waals surface area contributed by atoms with E-state index in [0.717, 1.165) is 0 Å². The zero-order chi connectivity index (χ0) is 9.97. The summed E-state index contributed by atoms with van der Waals surface area (Å²) in [5.74, 6) is 0. The van der Waals surface area contributed by atoms with Crippen molar-refractivity contribution >= 4 is 0 Å². The van der Waals surface area contributed by atoms with Crippen molar-refractivity contribution in [3.05, 3.63) is 30.2 Å². The molecule has 14 heavy (non-hydrogen) atoms. The van der Waals surface area contributed by atoms with Crippen molar-refractivity contribution in [1.29, 1.82) is 5.26 Å². The van der Waals surface area contributed by atoms with Crippen molar-refractivity contribution in [1.82, 2.24) is 20.0 Å². The lowest BCUT2D eigenvalue weighted by Crippen LogP contribution is -1.87. The van der Waals surface area contributed by atoms with Gasteiger partial charge in [-0.15, -0.1) is 0 Å². The molecule has 0 aromatic carbocycles. The average molecular weight is 185 g/mol. The van der Waals surface area contributed by atoms with Crippen molar-refractivity contribution < 1.29 is 0 Å². The Kier molecular flexibility index (Phi) is 1.95. The van der Waals surface area contributed by atoms with E-state index in [1.807, 2.05) is 6.07 Å². The molecule has 2 aromatic heterocycles. The molecule has 0 radical (unpaired) electrons. The van der Waals surface area contributed by atoms with Crippen LogP contribution in [-0.4, -0.2) is 20.0 Å². The summed E-state index contributed by atoms with van der Waals surface area (Å²) in [5.41, 5.74) is 1.74. The highest BCUT2D eigenvalue weighted by Crippen LogP contribution is 2.18. The maximum absolute atomic E-state index is 8.82. The van der Waals surface area contributed by atoms with E-state index in [2.05, 4.69) is 15.3 Å². The van der Waals surface area contributed by atoms with Crippen LogP contribution in [0.15, 0.2) is 24.5 Å². The van der Waals surface area contributed by atoms with Gasteiger partial charge in [-0.1, -0.05) is 0 Å². The van der Waals surface area contributed by atoms with Crippen LogP contribution in [0.5, 0.6) is 0 Å². The Hall–Kier alpha value is -2.22. The Labute approximate surface area is 80.6 Å². The molecule has 0 aliphatic rings. The van der Waals surface area contributed by atoms with Crippen molar-refractivity contribution in [2.75, 3.05) is 0 Å². The van der Waals surface area contributed by atoms with Gasteiger partial charge in [-0.3, -0.25) is 4.68 Å². The maximum Gasteiger partial charge on any atom is 0.171 e. The summed E-state index contributed by atoms with van der Waals surface area (Å²) in [6, 6.07) is 5.59. The molecule has 0 atom stereocenters. The molecule has 0 spiro atoms. The monoisotopic (exact) mass is 185 g/mol. The van der Waals surface area contributed by atoms with E-state index in [0.29, 0.717) is 17.0 Å². The lowest BCUT2D eigenvalue weighted by molar-refractivity contribution is 0.763. The van der Waals surface area contributed by atoms with E-state index in [1.54, 1.807) is 36.3 Å². The highest BCUT2D eigenvalue weighted by molar-refractivity contribution is 5.63. The molecule has 0 fully saturated rings. The molecule has 68 valence electrons. The van der Waals surface area contributed by atoms with Crippen LogP contribution >= 0.6 is 0 Å². The van der Waals surface area contributed by atoms with Gasteiger partial charge in [-0.25, -0.2) is 0 Å². The zero-order valence-electron chi connectivity index (χ0n) is 7.55. The quantitative estimate of drug-likeness (QED) is 0.657. The number of nitriles is 1. The van der Waals surface area contributed by atoms with Crippen molar-refractivity contribution in [3.63, 3.8) is 0 Å². The number of aryl methyl sites for hydroxylation is 1. The lowest BCUT2D eigenvalue weighted by Gasteiger charge is -1.92. The van der Waals surface area contributed by atoms with Gasteiger partial charge < -0.3 is 0 Å². The molecule has 0 saturated heterocycles. The molecule has 0 amide bonds. The minimum atomic E-state index is 0.369. The summed E-state index contributed by atoms with van der Waals surface area (Å²) >= 11 is 0. The normalized spacial score (nSPS) is 9.71. The number of nitrogens with zero attached hydrogens (tertiary/aromatic N) is 5. The fraction of sp³-hybridized carbons (Fsp3) is 0.111. The average Bonchev–Trinajstić information content (AvgIpc) is 2.61. The summed E-state index contributed by atoms with van der Waals surface area (Å²) < 4.78 is 1.59. The predicted octanol–water partition coefficient (Wildman–Crippen LogP) is 0.749. The van der Waals surface area contributed by atoms with Crippen LogP contribution in [0.3, 0.4) is 0 Å². The molecular weight excluding hydrogens is 178 g/mol. The van der Waals surface area contributed by atoms with Crippen LogP contribution in [-0.2, 0) is 7.05 Å². The second kappa shape index (κ2) is 3.26. The topological polar surface area (TPSA) is 67.4 Å². The van der Waals surface area contributed by atoms with Crippen LogP contribution in [0, 0.1) is 11.3 Å². The standard InChI is InChI=1S/C9H7N5/c1-14-6-7(9(5-10)13-14)8-3-2-4-11-12-8/h2-4,6H,1H3. The minimum absolute atomic E-state index is 0.369. The first-order chi connectivity index (χ1) is 6.81. The van der Waals surface area contributed by atoms with E-state index >= 15 is 0 Å². The van der Waals surface area contributed by atoms with Gasteiger partial charge in [0.25, 0.3) is 0 Å². The summed E-state index contributed by atoms with van der Waals surface area (Å²) in [6.07, 6.45) is 3.34. The molecule has 0 N–H and O–H groups in total. The molecule has 0 aliphatic carbocycles. The molecule has 2 heterocycles. The maximum atomic E-state index is 8.82. The number of aromatic nitrogens is 4. The molecular formula is C9H7N5. The van der Waals surface area contributed by atoms with Gasteiger partial charge in [0.15, 0.2) is 5.69 Å². The Bertz CT molecular complexity index is 480. The number of rotatable bonds is 1. The predicted molar refractivity (Wildman–Crippen MR) is 48.9 cm³/mol. The summed E-state index contributed by atoms with van der Waals surface area (Å²) in [5, 5.41) is 20.5. The fourth-order valence-corrected chi connectivity index (χ4v) is 1.20. The smallest absolute Gasteiger partial charge is 0.171 e. The highest BCUT2D eigenvalue weighted by atomic mass is 15.3. The minimum Gasteiger partial charge on any atom is -0.274 e. The second-order valence-corrected chi connectivity index (χ2v) is 2.79. The Balaban J connectivity index is 2.58. The molecule has 0 saturated carbocycles. The summed E-state index contributed by atoms with van der Waals surface area (Å²) in [4.78, 5) is 0. The van der Waals surface area contributed by atoms with Crippen LogP contribution in [0.2, 0.25) is 0 Å². The first kappa shape index (κ1) is 8.38. The molecule has 5 nitrogen and oxygen atoms in total. The van der Waals surface area contributed by atoms with Gasteiger partial charge >= 0.3 is 0 Å². The van der Waals surface area contributed by atoms with Crippen molar-refractivity contribution in [2.24, 2.45) is 7.05 Å². The molecule has 0 aliphatic heterocycles. The highest BCUT2D eigenvalue weighted by Gasteiger charge is 2.09. The molecule has 2 aromatic rings. The van der Waals surface area contributed by atoms with Crippen molar-refractivity contribution in [3.8, 4) is 17.3 Å². The summed E-state index contributed by atoms with van der Waals surface area (Å²) in [6.45, 7) is 0. The van der Waals surface area contributed by atoms with Gasteiger partial charge in [0.2, 0.25) is 0 Å². The van der Waals surface area contributed by atoms with Gasteiger partial charge in [-0.2, -0.15) is 20.6 Å². The second-order valence-electron chi connectivity index (χ2n) is 2.79. The third-order valence-electron chi connectivity index (χ3n) is 1.78. The van der Waals surface area contributed by atoms with Crippen LogP contribution in [0.4, 0.5) is 0 Å². The largest absolute Gasteiger partial charge is 0.274 e. The lowest BCUT2D eigenvalue weighted by atomic mass is 10.2. The molecule has 0 unspecified atom stereocenters. The third-order valence-corrected chi connectivity index (χ3v) is 1.78.